The van der Waals surface area contributed by atoms with Crippen molar-refractivity contribution in [3.8, 4) is 5.75 Å². The van der Waals surface area contributed by atoms with E-state index in [4.69, 9.17) is 4.74 Å². The number of hydrogen-bond donors (Lipinski definition) is 2. The molecule has 1 heterocycles. The molecule has 3 rings (SSSR count). The normalized spacial score (nSPS) is 10.5. The van der Waals surface area contributed by atoms with Crippen molar-refractivity contribution in [1.82, 2.24) is 15.2 Å². The molecule has 0 bridgehead atoms. The predicted molar refractivity (Wildman–Crippen MR) is 97.9 cm³/mol. The summed E-state index contributed by atoms with van der Waals surface area (Å²) in [6.07, 6.45) is 0.604. The smallest absolute Gasteiger partial charge is 0.234 e. The highest BCUT2D eigenvalue weighted by atomic mass is 32.2. The third kappa shape index (κ3) is 5.06. The average molecular weight is 372 g/mol. The van der Waals surface area contributed by atoms with Gasteiger partial charge in [-0.3, -0.25) is 9.89 Å². The van der Waals surface area contributed by atoms with Gasteiger partial charge in [0.25, 0.3) is 0 Å². The summed E-state index contributed by atoms with van der Waals surface area (Å²) in [5.74, 6) is 1.00. The second kappa shape index (κ2) is 8.48. The Bertz CT molecular complexity index is 883. The molecule has 8 heteroatoms. The number of rotatable bonds is 7. The standard InChI is InChI=1S/C18H17FN4O2S/c1-25-15-7-5-12(6-8-15)9-16-21-18(23-22-16)26-11-17(24)20-14-4-2-3-13(19)10-14/h2-8,10H,9,11H2,1H3,(H,20,24)(H,21,22,23). The summed E-state index contributed by atoms with van der Waals surface area (Å²) in [5, 5.41) is 10.1. The number of halogens is 1. The quantitative estimate of drug-likeness (QED) is 0.622. The molecule has 26 heavy (non-hydrogen) atoms. The Morgan fingerprint density at radius 2 is 2.08 bits per heavy atom. The van der Waals surface area contributed by atoms with Gasteiger partial charge in [-0.25, -0.2) is 9.37 Å². The molecule has 0 saturated carbocycles. The van der Waals surface area contributed by atoms with E-state index < -0.39 is 5.82 Å². The number of amides is 1. The fraction of sp³-hybridized carbons (Fsp3) is 0.167. The summed E-state index contributed by atoms with van der Waals surface area (Å²) in [6.45, 7) is 0. The van der Waals surface area contributed by atoms with Crippen LogP contribution in [0.2, 0.25) is 0 Å². The molecule has 1 aromatic heterocycles. The first-order valence-electron chi connectivity index (χ1n) is 7.85. The lowest BCUT2D eigenvalue weighted by molar-refractivity contribution is -0.113. The molecule has 0 saturated heterocycles. The molecule has 0 unspecified atom stereocenters. The molecule has 0 spiro atoms. The second-order valence-corrected chi connectivity index (χ2v) is 6.38. The van der Waals surface area contributed by atoms with Gasteiger partial charge in [0, 0.05) is 12.1 Å². The van der Waals surface area contributed by atoms with Crippen LogP contribution in [0.15, 0.2) is 53.7 Å². The van der Waals surface area contributed by atoms with Crippen LogP contribution >= 0.6 is 11.8 Å². The second-order valence-electron chi connectivity index (χ2n) is 5.44. The van der Waals surface area contributed by atoms with Gasteiger partial charge in [-0.05, 0) is 35.9 Å². The highest BCUT2D eigenvalue weighted by Crippen LogP contribution is 2.17. The number of carbonyl (C=O) groups excluding carboxylic acids is 1. The Labute approximate surface area is 154 Å². The van der Waals surface area contributed by atoms with Crippen molar-refractivity contribution in [2.75, 3.05) is 18.2 Å². The number of thioether (sulfide) groups is 1. The molecule has 0 radical (unpaired) electrons. The van der Waals surface area contributed by atoms with Gasteiger partial charge in [0.05, 0.1) is 12.9 Å². The molecule has 0 fully saturated rings. The van der Waals surface area contributed by atoms with Crippen molar-refractivity contribution >= 4 is 23.4 Å². The van der Waals surface area contributed by atoms with Gasteiger partial charge in [-0.2, -0.15) is 0 Å². The number of aromatic nitrogens is 3. The minimum absolute atomic E-state index is 0.135. The molecule has 0 atom stereocenters. The van der Waals surface area contributed by atoms with Crippen LogP contribution in [0.1, 0.15) is 11.4 Å². The van der Waals surface area contributed by atoms with Crippen molar-refractivity contribution in [3.63, 3.8) is 0 Å². The van der Waals surface area contributed by atoms with Crippen LogP contribution < -0.4 is 10.1 Å². The van der Waals surface area contributed by atoms with E-state index in [2.05, 4.69) is 20.5 Å². The molecule has 134 valence electrons. The third-order valence-corrected chi connectivity index (χ3v) is 4.33. The molecule has 3 aromatic rings. The van der Waals surface area contributed by atoms with Crippen LogP contribution in [0.4, 0.5) is 10.1 Å². The minimum atomic E-state index is -0.396. The van der Waals surface area contributed by atoms with E-state index in [1.165, 1.54) is 23.9 Å². The predicted octanol–water partition coefficient (Wildman–Crippen LogP) is 3.27. The third-order valence-electron chi connectivity index (χ3n) is 3.48. The summed E-state index contributed by atoms with van der Waals surface area (Å²) in [5.41, 5.74) is 1.49. The van der Waals surface area contributed by atoms with E-state index in [-0.39, 0.29) is 11.7 Å². The van der Waals surface area contributed by atoms with Crippen LogP contribution in [0.25, 0.3) is 0 Å². The number of benzene rings is 2. The summed E-state index contributed by atoms with van der Waals surface area (Å²) in [6, 6.07) is 13.5. The number of methoxy groups -OCH3 is 1. The fourth-order valence-corrected chi connectivity index (χ4v) is 2.87. The van der Waals surface area contributed by atoms with Crippen LogP contribution in [0, 0.1) is 5.82 Å². The van der Waals surface area contributed by atoms with Crippen molar-refractivity contribution in [2.24, 2.45) is 0 Å². The lowest BCUT2D eigenvalue weighted by atomic mass is 10.1. The zero-order valence-electron chi connectivity index (χ0n) is 14.0. The number of nitrogens with one attached hydrogen (secondary N) is 2. The van der Waals surface area contributed by atoms with E-state index >= 15 is 0 Å². The summed E-state index contributed by atoms with van der Waals surface area (Å²) in [4.78, 5) is 16.3. The number of anilines is 1. The molecule has 0 aliphatic rings. The van der Waals surface area contributed by atoms with Gasteiger partial charge < -0.3 is 10.1 Å². The minimum Gasteiger partial charge on any atom is -0.497 e. The molecule has 0 aliphatic heterocycles. The fourth-order valence-electron chi connectivity index (χ4n) is 2.25. The number of nitrogens with zero attached hydrogens (tertiary/aromatic N) is 2. The maximum absolute atomic E-state index is 13.1. The van der Waals surface area contributed by atoms with Crippen LogP contribution in [0.3, 0.4) is 0 Å². The van der Waals surface area contributed by atoms with Gasteiger partial charge in [0.2, 0.25) is 11.1 Å². The average Bonchev–Trinajstić information content (AvgIpc) is 3.08. The largest absolute Gasteiger partial charge is 0.497 e. The molecule has 1 amide bonds. The number of carbonyl (C=O) groups is 1. The number of hydrogen-bond acceptors (Lipinski definition) is 5. The number of H-pyrrole nitrogens is 1. The number of aromatic amines is 1. The lowest BCUT2D eigenvalue weighted by Crippen LogP contribution is -2.14. The Morgan fingerprint density at radius 3 is 2.81 bits per heavy atom. The highest BCUT2D eigenvalue weighted by molar-refractivity contribution is 7.99. The molecular formula is C18H17FN4O2S. The van der Waals surface area contributed by atoms with Gasteiger partial charge in [-0.15, -0.1) is 5.10 Å². The van der Waals surface area contributed by atoms with Crippen molar-refractivity contribution < 1.29 is 13.9 Å². The van der Waals surface area contributed by atoms with Gasteiger partial charge in [0.15, 0.2) is 0 Å². The summed E-state index contributed by atoms with van der Waals surface area (Å²) in [7, 11) is 1.62. The van der Waals surface area contributed by atoms with E-state index in [0.29, 0.717) is 23.1 Å². The van der Waals surface area contributed by atoms with Gasteiger partial charge in [0.1, 0.15) is 17.4 Å². The Hall–Kier alpha value is -2.87. The van der Waals surface area contributed by atoms with Crippen molar-refractivity contribution in [2.45, 2.75) is 11.6 Å². The van der Waals surface area contributed by atoms with Crippen LogP contribution in [-0.4, -0.2) is 34.0 Å². The molecule has 2 aromatic carbocycles. The van der Waals surface area contributed by atoms with E-state index in [1.54, 1.807) is 19.2 Å². The molecule has 2 N–H and O–H groups in total. The number of ether oxygens (including phenoxy) is 1. The van der Waals surface area contributed by atoms with E-state index in [0.717, 1.165) is 11.3 Å². The first-order valence-corrected chi connectivity index (χ1v) is 8.83. The molecule has 6 nitrogen and oxygen atoms in total. The first kappa shape index (κ1) is 17.9. The topological polar surface area (TPSA) is 79.9 Å². The maximum atomic E-state index is 13.1. The van der Waals surface area contributed by atoms with Gasteiger partial charge in [-0.1, -0.05) is 30.0 Å². The monoisotopic (exact) mass is 372 g/mol. The zero-order valence-corrected chi connectivity index (χ0v) is 14.8. The molecule has 0 aliphatic carbocycles. The Morgan fingerprint density at radius 1 is 1.27 bits per heavy atom. The van der Waals surface area contributed by atoms with Gasteiger partial charge >= 0.3 is 0 Å². The van der Waals surface area contributed by atoms with E-state index in [9.17, 15) is 9.18 Å². The maximum Gasteiger partial charge on any atom is 0.234 e. The lowest BCUT2D eigenvalue weighted by Gasteiger charge is -2.03. The van der Waals surface area contributed by atoms with E-state index in [1.807, 2.05) is 24.3 Å². The Balaban J connectivity index is 1.50. The summed E-state index contributed by atoms with van der Waals surface area (Å²) >= 11 is 1.21. The van der Waals surface area contributed by atoms with Crippen LogP contribution in [0.5, 0.6) is 5.75 Å². The zero-order chi connectivity index (χ0) is 18.4. The van der Waals surface area contributed by atoms with Crippen molar-refractivity contribution in [3.05, 3.63) is 65.7 Å². The molecular weight excluding hydrogens is 355 g/mol. The highest BCUT2D eigenvalue weighted by Gasteiger charge is 2.09. The summed E-state index contributed by atoms with van der Waals surface area (Å²) < 4.78 is 18.2. The van der Waals surface area contributed by atoms with Crippen LogP contribution in [-0.2, 0) is 11.2 Å². The van der Waals surface area contributed by atoms with Crippen molar-refractivity contribution in [1.29, 1.82) is 0 Å². The SMILES string of the molecule is COc1ccc(Cc2nc(SCC(=O)Nc3cccc(F)c3)n[nH]2)cc1. The first-order chi connectivity index (χ1) is 12.6. The Kier molecular flexibility index (Phi) is 5.85.